The first-order chi connectivity index (χ1) is 28.6. The molecule has 0 saturated heterocycles. The number of aromatic carboxylic acids is 1. The molecule has 0 aliphatic rings. The van der Waals surface area contributed by atoms with Gasteiger partial charge in [0.05, 0.1) is 23.8 Å². The molecule has 13 nitrogen and oxygen atoms in total. The molecule has 0 atom stereocenters. The number of halogens is 2. The summed E-state index contributed by atoms with van der Waals surface area (Å²) in [6, 6.07) is 10.2. The summed E-state index contributed by atoms with van der Waals surface area (Å²) in [6.45, 7) is 9.65. The number of hydrogen-bond acceptors (Lipinski definition) is 9. The number of aryl methyl sites for hydroxylation is 2. The Morgan fingerprint density at radius 1 is 0.754 bits per heavy atom. The van der Waals surface area contributed by atoms with E-state index in [1.807, 2.05) is 41.3 Å². The molecule has 314 valence electrons. The largest absolute Gasteiger partial charge is 0.477 e. The summed E-state index contributed by atoms with van der Waals surface area (Å²) in [4.78, 5) is 51.4. The number of carbonyl (C=O) groups is 4. The Morgan fingerprint density at radius 3 is 1.51 bits per heavy atom. The van der Waals surface area contributed by atoms with Gasteiger partial charge in [-0.2, -0.15) is 0 Å². The van der Waals surface area contributed by atoms with Crippen molar-refractivity contribution in [1.82, 2.24) is 29.6 Å². The molecule has 0 aromatic carbocycles. The van der Waals surface area contributed by atoms with Crippen LogP contribution in [0.1, 0.15) is 53.2 Å². The summed E-state index contributed by atoms with van der Waals surface area (Å²) in [7, 11) is 31.5. The fourth-order valence-electron chi connectivity index (χ4n) is 4.20. The normalized spacial score (nSPS) is 9.54. The minimum atomic E-state index is -0.870. The molecular formula is C38H48B6Br2N8O5S2. The Balaban J connectivity index is 0.000000832. The Labute approximate surface area is 390 Å². The van der Waals surface area contributed by atoms with E-state index in [0.717, 1.165) is 33.5 Å². The van der Waals surface area contributed by atoms with Crippen LogP contribution in [0.4, 0.5) is 11.4 Å². The highest BCUT2D eigenvalue weighted by molar-refractivity contribution is 9.11. The van der Waals surface area contributed by atoms with Gasteiger partial charge < -0.3 is 45.7 Å². The zero-order valence-electron chi connectivity index (χ0n) is 35.3. The van der Waals surface area contributed by atoms with E-state index in [1.54, 1.807) is 58.9 Å². The third-order valence-corrected chi connectivity index (χ3v) is 10.4. The van der Waals surface area contributed by atoms with Gasteiger partial charge in [0.1, 0.15) is 16.3 Å². The standard InChI is InChI=1S/C16H21BrN4O2S.C11H20N4O.C6H4.C5H3BrO2S.B6/c1-20(2)8-4-7-18-15(22)12-9-11(10-21(12)3)19-16(23)13-5-6-14(17)24-13;1-14(2)6-4-5-13-11(16)10-7-9(12)8-15(10)3;1-3-5-6-4-2;6-4-2-1-3(9-4)5(7)8;1-5(2)6(3)4/h5-6,9-10H,4,7-8H2,1-3H3,(H,18,22)(H,19,23);7-8H,4-6,12H2,1-3H3,(H,13,16);1-2H2;1-2H,(H,7,8);. The van der Waals surface area contributed by atoms with Gasteiger partial charge in [-0.1, -0.05) is 11.5 Å². The fourth-order valence-corrected chi connectivity index (χ4v) is 6.70. The van der Waals surface area contributed by atoms with Crippen LogP contribution in [0.3, 0.4) is 0 Å². The lowest BCUT2D eigenvalue weighted by Gasteiger charge is -2.10. The van der Waals surface area contributed by atoms with Crippen LogP contribution in [-0.4, -0.2) is 146 Å². The molecule has 0 saturated carbocycles. The van der Waals surface area contributed by atoms with Crippen LogP contribution in [0.25, 0.3) is 0 Å². The highest BCUT2D eigenvalue weighted by atomic mass is 79.9. The van der Waals surface area contributed by atoms with Crippen molar-refractivity contribution in [3.05, 3.63) is 114 Å². The van der Waals surface area contributed by atoms with E-state index < -0.39 is 18.7 Å². The Hall–Kier alpha value is -4.23. The monoisotopic (exact) mass is 984 g/mol. The molecule has 4 rings (SSSR count). The number of anilines is 2. The Kier molecular flexibility index (Phi) is 29.4. The Morgan fingerprint density at radius 2 is 1.18 bits per heavy atom. The number of rotatable bonds is 14. The van der Waals surface area contributed by atoms with Gasteiger partial charge in [-0.05, 0) is 147 Å². The van der Waals surface area contributed by atoms with Gasteiger partial charge >= 0.3 is 5.97 Å². The number of nitrogens with zero attached hydrogens (tertiary/aromatic N) is 4. The third-order valence-electron chi connectivity index (χ3n) is 7.15. The summed E-state index contributed by atoms with van der Waals surface area (Å²) >= 11 is 9.07. The number of carbonyl (C=O) groups excluding carboxylic acids is 3. The van der Waals surface area contributed by atoms with E-state index in [2.05, 4.69) is 93.7 Å². The molecule has 0 spiro atoms. The first-order valence-electron chi connectivity index (χ1n) is 18.2. The van der Waals surface area contributed by atoms with Crippen LogP contribution in [0.2, 0.25) is 0 Å². The van der Waals surface area contributed by atoms with Crippen molar-refractivity contribution >= 4 is 133 Å². The second-order valence-electron chi connectivity index (χ2n) is 13.0. The van der Waals surface area contributed by atoms with Crippen LogP contribution >= 0.6 is 54.5 Å². The number of thiophene rings is 2. The van der Waals surface area contributed by atoms with Gasteiger partial charge in [0.25, 0.3) is 17.7 Å². The average molecular weight is 986 g/mol. The highest BCUT2D eigenvalue weighted by Crippen LogP contribution is 2.24. The summed E-state index contributed by atoms with van der Waals surface area (Å²) < 4.78 is 5.19. The van der Waals surface area contributed by atoms with Crippen molar-refractivity contribution in [2.75, 3.05) is 65.4 Å². The molecule has 4 aromatic heterocycles. The molecule has 0 aliphatic carbocycles. The molecule has 8 radical (unpaired) electrons. The Bertz CT molecular complexity index is 2110. The van der Waals surface area contributed by atoms with Crippen LogP contribution in [-0.2, 0) is 14.1 Å². The van der Waals surface area contributed by atoms with Crippen molar-refractivity contribution < 1.29 is 24.3 Å². The van der Waals surface area contributed by atoms with Crippen molar-refractivity contribution in [2.45, 2.75) is 12.8 Å². The van der Waals surface area contributed by atoms with E-state index in [0.29, 0.717) is 45.6 Å². The lowest BCUT2D eigenvalue weighted by molar-refractivity contribution is 0.0701. The van der Waals surface area contributed by atoms with Crippen molar-refractivity contribution in [3.8, 4) is 0 Å². The van der Waals surface area contributed by atoms with E-state index in [-0.39, 0.29) is 17.7 Å². The quantitative estimate of drug-likeness (QED) is 0.0705. The smallest absolute Gasteiger partial charge is 0.345 e. The topological polar surface area (TPSA) is 167 Å². The maximum absolute atomic E-state index is 12.2. The SMILES string of the molecule is C=C=C=C=C=C.CN(C)CCCNC(=O)c1cc(N)cn1C.CN(C)CCCNC(=O)c1cc(NC(=O)c2ccc(Br)s2)cn1C.O=C(O)c1ccc(Br)s1.[B]B([B])B([B])[B]. The van der Waals surface area contributed by atoms with Crippen molar-refractivity contribution in [1.29, 1.82) is 0 Å². The predicted octanol–water partition coefficient (Wildman–Crippen LogP) is 4.42. The van der Waals surface area contributed by atoms with Gasteiger partial charge in [0.15, 0.2) is 0 Å². The van der Waals surface area contributed by atoms with Crippen LogP contribution in [0.15, 0.2) is 92.4 Å². The van der Waals surface area contributed by atoms with E-state index in [4.69, 9.17) is 41.8 Å². The number of carboxylic acids is 1. The fraction of sp³-hybridized carbons (Fsp3) is 0.316. The molecule has 0 fully saturated rings. The number of nitrogen functional groups attached to an aromatic ring is 1. The molecule has 6 N–H and O–H groups in total. The number of amides is 3. The minimum absolute atomic E-state index is 0.0713. The van der Waals surface area contributed by atoms with E-state index >= 15 is 0 Å². The second-order valence-corrected chi connectivity index (χ2v) is 18.0. The van der Waals surface area contributed by atoms with Crippen LogP contribution in [0, 0.1) is 0 Å². The van der Waals surface area contributed by atoms with Gasteiger partial charge in [-0.3, -0.25) is 14.4 Å². The molecule has 3 amide bonds. The van der Waals surface area contributed by atoms with Crippen molar-refractivity contribution in [2.24, 2.45) is 14.1 Å². The maximum atomic E-state index is 12.2. The number of nitrogens with two attached hydrogens (primary N) is 1. The molecule has 61 heavy (non-hydrogen) atoms. The first-order valence-corrected chi connectivity index (χ1v) is 21.4. The van der Waals surface area contributed by atoms with E-state index in [9.17, 15) is 19.2 Å². The number of carboxylic acid groups (broad SMARTS) is 1. The number of hydrogen-bond donors (Lipinski definition) is 5. The van der Waals surface area contributed by atoms with Gasteiger partial charge in [-0.15, -0.1) is 22.7 Å². The predicted molar refractivity (Wildman–Crippen MR) is 265 cm³/mol. The molecule has 0 aliphatic heterocycles. The molecule has 4 heterocycles. The summed E-state index contributed by atoms with van der Waals surface area (Å²) in [5.74, 6) is -1.27. The lowest BCUT2D eigenvalue weighted by atomic mass is 8.81. The molecule has 0 unspecified atom stereocenters. The van der Waals surface area contributed by atoms with Gasteiger partial charge in [0.2, 0.25) is 0 Å². The first kappa shape index (κ1) is 56.8. The summed E-state index contributed by atoms with van der Waals surface area (Å²) in [5.41, 5.74) is 17.5. The average Bonchev–Trinajstić information content (AvgIpc) is 3.99. The van der Waals surface area contributed by atoms with Gasteiger partial charge in [0, 0.05) is 83.3 Å². The minimum Gasteiger partial charge on any atom is -0.477 e. The summed E-state index contributed by atoms with van der Waals surface area (Å²) in [5, 5.41) is 17.0. The number of nitrogens with one attached hydrogen (secondary N) is 3. The zero-order chi connectivity index (χ0) is 46.7. The van der Waals surface area contributed by atoms with Gasteiger partial charge in [-0.25, -0.2) is 4.79 Å². The third kappa shape index (κ3) is 26.0. The van der Waals surface area contributed by atoms with Crippen molar-refractivity contribution in [3.63, 3.8) is 0 Å². The molecular weight excluding hydrogens is 937 g/mol. The summed E-state index contributed by atoms with van der Waals surface area (Å²) in [6.07, 6.45) is 4.11. The second kappa shape index (κ2) is 31.6. The number of aromatic nitrogens is 2. The van der Waals surface area contributed by atoms with E-state index in [1.165, 1.54) is 22.7 Å². The lowest BCUT2D eigenvalue weighted by Crippen LogP contribution is -2.38. The van der Waals surface area contributed by atoms with Crippen LogP contribution in [0.5, 0.6) is 0 Å². The highest BCUT2D eigenvalue weighted by Gasteiger charge is 2.15. The van der Waals surface area contributed by atoms with Crippen LogP contribution < -0.4 is 21.7 Å². The zero-order valence-corrected chi connectivity index (χ0v) is 40.1. The molecule has 0 bridgehead atoms. The molecule has 4 aromatic rings. The maximum Gasteiger partial charge on any atom is 0.345 e. The molecule has 23 heteroatoms.